The van der Waals surface area contributed by atoms with Crippen LogP contribution in [0.1, 0.15) is 43.7 Å². The molecule has 2 unspecified atom stereocenters. The number of nitrogens with one attached hydrogen (secondary N) is 2. The summed E-state index contributed by atoms with van der Waals surface area (Å²) in [5.74, 6) is 0. The van der Waals surface area contributed by atoms with Gasteiger partial charge >= 0.3 is 0 Å². The highest BCUT2D eigenvalue weighted by atomic mass is 32.2. The average Bonchev–Trinajstić information content (AvgIpc) is 2.73. The van der Waals surface area contributed by atoms with Crippen LogP contribution in [-0.4, -0.2) is 20.3 Å². The van der Waals surface area contributed by atoms with Gasteiger partial charge in [0, 0.05) is 18.0 Å². The Kier molecular flexibility index (Phi) is 4.12. The van der Waals surface area contributed by atoms with E-state index in [0.29, 0.717) is 6.42 Å². The number of aryl methyl sites for hydroxylation is 1. The molecule has 2 atom stereocenters. The molecule has 0 radical (unpaired) electrons. The van der Waals surface area contributed by atoms with E-state index in [9.17, 15) is 8.42 Å². The second-order valence-corrected chi connectivity index (χ2v) is 9.72. The number of hydrogen-bond acceptors (Lipinski definition) is 3. The van der Waals surface area contributed by atoms with Crippen LogP contribution in [0.4, 0.5) is 0 Å². The molecule has 0 aromatic heterocycles. The summed E-state index contributed by atoms with van der Waals surface area (Å²) >= 11 is 0. The Hall–Kier alpha value is -1.85. The predicted octanol–water partition coefficient (Wildman–Crippen LogP) is 3.29. The van der Waals surface area contributed by atoms with Crippen molar-refractivity contribution in [3.8, 4) is 0 Å². The van der Waals surface area contributed by atoms with Gasteiger partial charge in [0.15, 0.2) is 0 Å². The molecule has 2 bridgehead atoms. The maximum atomic E-state index is 11.8. The minimum absolute atomic E-state index is 0.0612. The van der Waals surface area contributed by atoms with Crippen molar-refractivity contribution in [2.75, 3.05) is 6.26 Å². The third kappa shape index (κ3) is 3.03. The largest absolute Gasteiger partial charge is 0.369 e. The van der Waals surface area contributed by atoms with Crippen molar-refractivity contribution in [3.05, 3.63) is 71.0 Å². The highest BCUT2D eigenvalue weighted by molar-refractivity contribution is 7.88. The minimum Gasteiger partial charge on any atom is -0.369 e. The monoisotopic (exact) mass is 370 g/mol. The summed E-state index contributed by atoms with van der Waals surface area (Å²) in [6, 6.07) is 8.77. The first-order chi connectivity index (χ1) is 12.3. The highest BCUT2D eigenvalue weighted by Crippen LogP contribution is 2.47. The first kappa shape index (κ1) is 17.6. The second kappa shape index (κ2) is 6.10. The number of hydrogen-bond donors (Lipinski definition) is 2. The molecule has 0 fully saturated rings. The summed E-state index contributed by atoms with van der Waals surface area (Å²) in [7, 11) is -3.32. The molecule has 0 saturated carbocycles. The zero-order valence-corrected chi connectivity index (χ0v) is 16.2. The van der Waals surface area contributed by atoms with E-state index in [1.807, 2.05) is 18.4 Å². The first-order valence-corrected chi connectivity index (χ1v) is 11.2. The standard InChI is InChI=1S/C21H26N2O2S/c1-20(12-6-5-9-16-8-3-4-11-18(16)20)19-15-22-21(23-26(2,24)25)13-7-10-17(19)14-21/h3-4,7-8,10-11,13,15,22-23H,5-6,9,12,14H2,1-2H3. The molecule has 2 aliphatic carbocycles. The summed E-state index contributed by atoms with van der Waals surface area (Å²) in [4.78, 5) is 0. The van der Waals surface area contributed by atoms with Gasteiger partial charge in [0.05, 0.1) is 6.26 Å². The summed E-state index contributed by atoms with van der Waals surface area (Å²) in [5, 5.41) is 3.36. The van der Waals surface area contributed by atoms with Crippen LogP contribution in [-0.2, 0) is 21.9 Å². The van der Waals surface area contributed by atoms with Crippen molar-refractivity contribution >= 4 is 10.0 Å². The van der Waals surface area contributed by atoms with Gasteiger partial charge in [0.1, 0.15) is 5.66 Å². The van der Waals surface area contributed by atoms with Gasteiger partial charge in [-0.3, -0.25) is 0 Å². The molecule has 1 aromatic carbocycles. The lowest BCUT2D eigenvalue weighted by Crippen LogP contribution is -2.58. The molecule has 1 aliphatic heterocycles. The number of sulfonamides is 1. The van der Waals surface area contributed by atoms with E-state index in [-0.39, 0.29) is 5.41 Å². The molecule has 0 saturated heterocycles. The molecular formula is C21H26N2O2S. The van der Waals surface area contributed by atoms with Crippen molar-refractivity contribution in [1.82, 2.24) is 10.0 Å². The molecule has 138 valence electrons. The van der Waals surface area contributed by atoms with Gasteiger partial charge < -0.3 is 5.32 Å². The van der Waals surface area contributed by atoms with E-state index in [2.05, 4.69) is 47.3 Å². The molecule has 0 amide bonds. The second-order valence-electron chi connectivity index (χ2n) is 7.97. The molecule has 5 heteroatoms. The molecule has 4 rings (SSSR count). The van der Waals surface area contributed by atoms with Crippen LogP contribution >= 0.6 is 0 Å². The zero-order chi connectivity index (χ0) is 18.4. The van der Waals surface area contributed by atoms with Crippen LogP contribution in [0.2, 0.25) is 0 Å². The van der Waals surface area contributed by atoms with Gasteiger partial charge in [-0.2, -0.15) is 4.72 Å². The number of rotatable bonds is 3. The fraction of sp³-hybridized carbons (Fsp3) is 0.429. The Labute approximate surface area is 156 Å². The highest BCUT2D eigenvalue weighted by Gasteiger charge is 2.42. The molecule has 3 aliphatic rings. The van der Waals surface area contributed by atoms with Crippen LogP contribution in [0, 0.1) is 0 Å². The summed E-state index contributed by atoms with van der Waals surface area (Å²) < 4.78 is 26.4. The van der Waals surface area contributed by atoms with Crippen LogP contribution in [0.3, 0.4) is 0 Å². The maximum Gasteiger partial charge on any atom is 0.210 e. The average molecular weight is 371 g/mol. The molecule has 4 nitrogen and oxygen atoms in total. The van der Waals surface area contributed by atoms with Gasteiger partial charge in [-0.15, -0.1) is 0 Å². The Morgan fingerprint density at radius 2 is 2.00 bits per heavy atom. The maximum absolute atomic E-state index is 11.8. The Balaban J connectivity index is 1.78. The number of benzene rings is 1. The summed E-state index contributed by atoms with van der Waals surface area (Å²) in [6.07, 6.45) is 14.5. The SMILES string of the molecule is CC1(C2=CNC3(NS(C)(=O)=O)C=CC=C2C3)CCCCc2ccccc21. The van der Waals surface area contributed by atoms with Crippen LogP contribution in [0.5, 0.6) is 0 Å². The van der Waals surface area contributed by atoms with Crippen LogP contribution in [0.25, 0.3) is 0 Å². The predicted molar refractivity (Wildman–Crippen MR) is 105 cm³/mol. The molecule has 1 aromatic rings. The quantitative estimate of drug-likeness (QED) is 0.803. The van der Waals surface area contributed by atoms with E-state index < -0.39 is 15.7 Å². The van der Waals surface area contributed by atoms with Gasteiger partial charge in [-0.25, -0.2) is 8.42 Å². The third-order valence-corrected chi connectivity index (χ3v) is 6.65. The van der Waals surface area contributed by atoms with E-state index in [1.54, 1.807) is 0 Å². The van der Waals surface area contributed by atoms with E-state index in [4.69, 9.17) is 0 Å². The summed E-state index contributed by atoms with van der Waals surface area (Å²) in [6.45, 7) is 2.33. The van der Waals surface area contributed by atoms with Crippen LogP contribution in [0.15, 0.2) is 59.8 Å². The van der Waals surface area contributed by atoms with Crippen molar-refractivity contribution in [2.45, 2.75) is 50.1 Å². The summed E-state index contributed by atoms with van der Waals surface area (Å²) in [5.41, 5.74) is 4.52. The lowest BCUT2D eigenvalue weighted by molar-refractivity contribution is 0.383. The van der Waals surface area contributed by atoms with Crippen molar-refractivity contribution in [2.24, 2.45) is 0 Å². The molecule has 2 N–H and O–H groups in total. The molecule has 1 heterocycles. The van der Waals surface area contributed by atoms with Gasteiger partial charge in [0.2, 0.25) is 10.0 Å². The normalized spacial score (nSPS) is 30.5. The lowest BCUT2D eigenvalue weighted by Gasteiger charge is -2.44. The first-order valence-electron chi connectivity index (χ1n) is 9.26. The molecular weight excluding hydrogens is 344 g/mol. The van der Waals surface area contributed by atoms with Crippen LogP contribution < -0.4 is 10.0 Å². The Morgan fingerprint density at radius 3 is 2.81 bits per heavy atom. The smallest absolute Gasteiger partial charge is 0.210 e. The molecule has 26 heavy (non-hydrogen) atoms. The number of allylic oxidation sites excluding steroid dienone is 3. The van der Waals surface area contributed by atoms with E-state index >= 15 is 0 Å². The third-order valence-electron chi connectivity index (χ3n) is 5.91. The van der Waals surface area contributed by atoms with Crippen molar-refractivity contribution in [1.29, 1.82) is 0 Å². The topological polar surface area (TPSA) is 58.2 Å². The number of fused-ring (bicyclic) bond motifs is 3. The van der Waals surface area contributed by atoms with E-state index in [1.165, 1.54) is 41.4 Å². The fourth-order valence-electron chi connectivity index (χ4n) is 4.75. The lowest BCUT2D eigenvalue weighted by atomic mass is 9.67. The van der Waals surface area contributed by atoms with Gasteiger partial charge in [-0.05, 0) is 47.6 Å². The van der Waals surface area contributed by atoms with Gasteiger partial charge in [0.25, 0.3) is 0 Å². The Morgan fingerprint density at radius 1 is 1.19 bits per heavy atom. The van der Waals surface area contributed by atoms with Crippen molar-refractivity contribution in [3.63, 3.8) is 0 Å². The molecule has 0 spiro atoms. The Bertz CT molecular complexity index is 929. The van der Waals surface area contributed by atoms with Crippen molar-refractivity contribution < 1.29 is 8.42 Å². The van der Waals surface area contributed by atoms with E-state index in [0.717, 1.165) is 12.8 Å². The zero-order valence-electron chi connectivity index (χ0n) is 15.4. The minimum atomic E-state index is -3.32. The fourth-order valence-corrected chi connectivity index (χ4v) is 5.61. The van der Waals surface area contributed by atoms with Gasteiger partial charge in [-0.1, -0.05) is 49.8 Å².